The van der Waals surface area contributed by atoms with Crippen LogP contribution in [0.15, 0.2) is 0 Å². The Morgan fingerprint density at radius 3 is 2.82 bits per heavy atom. The normalized spacial score (nSPS) is 32.1. The van der Waals surface area contributed by atoms with Crippen molar-refractivity contribution in [1.82, 2.24) is 5.32 Å². The first-order chi connectivity index (χ1) is 8.24. The minimum atomic E-state index is -0.446. The predicted molar refractivity (Wildman–Crippen MR) is 66.0 cm³/mol. The minimum Gasteiger partial charge on any atom is -0.355 e. The predicted octanol–water partition coefficient (Wildman–Crippen LogP) is 2.48. The molecule has 2 aliphatic rings. The lowest BCUT2D eigenvalue weighted by atomic mass is 9.88. The monoisotopic (exact) mass is 234 g/mol. The van der Waals surface area contributed by atoms with Gasteiger partial charge >= 0.3 is 0 Å². The average molecular weight is 234 g/mol. The molecule has 0 aliphatic heterocycles. The van der Waals surface area contributed by atoms with Crippen LogP contribution in [0.4, 0.5) is 0 Å². The van der Waals surface area contributed by atoms with Crippen molar-refractivity contribution < 1.29 is 4.79 Å². The summed E-state index contributed by atoms with van der Waals surface area (Å²) < 4.78 is 0. The molecule has 2 saturated carbocycles. The average Bonchev–Trinajstić information content (AvgIpc) is 2.95. The molecule has 0 saturated heterocycles. The molecule has 3 nitrogen and oxygen atoms in total. The van der Waals surface area contributed by atoms with Crippen molar-refractivity contribution >= 4 is 5.91 Å². The highest BCUT2D eigenvalue weighted by atomic mass is 16.1. The molecule has 1 amide bonds. The molecule has 94 valence electrons. The van der Waals surface area contributed by atoms with Gasteiger partial charge in [0.1, 0.15) is 5.92 Å². The van der Waals surface area contributed by atoms with Crippen molar-refractivity contribution in [3.8, 4) is 6.07 Å². The maximum absolute atomic E-state index is 11.8. The van der Waals surface area contributed by atoms with E-state index in [1.54, 1.807) is 0 Å². The van der Waals surface area contributed by atoms with E-state index in [9.17, 15) is 4.79 Å². The molecule has 2 bridgehead atoms. The van der Waals surface area contributed by atoms with Crippen LogP contribution < -0.4 is 5.32 Å². The highest BCUT2D eigenvalue weighted by Crippen LogP contribution is 2.47. The minimum absolute atomic E-state index is 0.0582. The van der Waals surface area contributed by atoms with Gasteiger partial charge in [-0.3, -0.25) is 4.79 Å². The number of fused-ring (bicyclic) bond motifs is 2. The number of nitrogens with zero attached hydrogens (tertiary/aromatic N) is 1. The van der Waals surface area contributed by atoms with E-state index in [4.69, 9.17) is 5.26 Å². The first-order valence-corrected chi connectivity index (χ1v) is 6.92. The molecule has 0 aromatic rings. The molecule has 4 unspecified atom stereocenters. The first-order valence-electron chi connectivity index (χ1n) is 6.92. The quantitative estimate of drug-likeness (QED) is 0.794. The molecule has 2 aliphatic carbocycles. The molecule has 0 aromatic heterocycles. The maximum Gasteiger partial charge on any atom is 0.237 e. The van der Waals surface area contributed by atoms with Crippen LogP contribution in [0.2, 0.25) is 0 Å². The van der Waals surface area contributed by atoms with Crippen molar-refractivity contribution in [2.24, 2.45) is 23.7 Å². The van der Waals surface area contributed by atoms with Crippen LogP contribution in [-0.4, -0.2) is 12.5 Å². The molecule has 0 spiro atoms. The van der Waals surface area contributed by atoms with E-state index in [0.717, 1.165) is 24.8 Å². The Bertz CT molecular complexity index is 321. The Balaban J connectivity index is 1.74. The Kier molecular flexibility index (Phi) is 4.04. The van der Waals surface area contributed by atoms with Crippen LogP contribution >= 0.6 is 0 Å². The number of carbonyl (C=O) groups is 1. The Morgan fingerprint density at radius 2 is 2.29 bits per heavy atom. The summed E-state index contributed by atoms with van der Waals surface area (Å²) in [6.45, 7) is 2.80. The van der Waals surface area contributed by atoms with Crippen molar-refractivity contribution in [3.05, 3.63) is 0 Å². The van der Waals surface area contributed by atoms with E-state index in [0.29, 0.717) is 12.3 Å². The number of amides is 1. The van der Waals surface area contributed by atoms with Gasteiger partial charge in [-0.1, -0.05) is 19.8 Å². The summed E-state index contributed by atoms with van der Waals surface area (Å²) in [6, 6.07) is 2.10. The number of carbonyl (C=O) groups excluding carboxylic acids is 1. The zero-order valence-electron chi connectivity index (χ0n) is 10.6. The van der Waals surface area contributed by atoms with E-state index in [2.05, 4.69) is 11.4 Å². The summed E-state index contributed by atoms with van der Waals surface area (Å²) in [4.78, 5) is 11.8. The summed E-state index contributed by atoms with van der Waals surface area (Å²) in [7, 11) is 0. The SMILES string of the molecule is CCCC(C#N)C(=O)NCC1CC2CCC1C2. The summed E-state index contributed by atoms with van der Waals surface area (Å²) in [5.41, 5.74) is 0. The van der Waals surface area contributed by atoms with Gasteiger partial charge in [-0.05, 0) is 43.4 Å². The number of hydrogen-bond donors (Lipinski definition) is 1. The largest absolute Gasteiger partial charge is 0.355 e. The summed E-state index contributed by atoms with van der Waals surface area (Å²) in [5.74, 6) is 1.94. The molecule has 2 rings (SSSR count). The van der Waals surface area contributed by atoms with E-state index >= 15 is 0 Å². The highest BCUT2D eigenvalue weighted by Gasteiger charge is 2.39. The molecule has 3 heteroatoms. The topological polar surface area (TPSA) is 52.9 Å². The third-order valence-corrected chi connectivity index (χ3v) is 4.47. The van der Waals surface area contributed by atoms with Gasteiger partial charge < -0.3 is 5.32 Å². The Morgan fingerprint density at radius 1 is 1.47 bits per heavy atom. The molecule has 0 heterocycles. The van der Waals surface area contributed by atoms with E-state index in [1.807, 2.05) is 6.92 Å². The summed E-state index contributed by atoms with van der Waals surface area (Å²) >= 11 is 0. The third kappa shape index (κ3) is 2.80. The van der Waals surface area contributed by atoms with E-state index in [1.165, 1.54) is 25.7 Å². The third-order valence-electron chi connectivity index (χ3n) is 4.47. The van der Waals surface area contributed by atoms with Gasteiger partial charge in [0.05, 0.1) is 6.07 Å². The standard InChI is InChI=1S/C14H22N2O/c1-2-3-12(8-15)14(17)16-9-13-7-10-4-5-11(13)6-10/h10-13H,2-7,9H2,1H3,(H,16,17). The molecular weight excluding hydrogens is 212 g/mol. The summed E-state index contributed by atoms with van der Waals surface area (Å²) in [5, 5.41) is 11.9. The second kappa shape index (κ2) is 5.53. The number of rotatable bonds is 5. The Labute approximate surface area is 104 Å². The number of nitrogens with one attached hydrogen (secondary N) is 1. The van der Waals surface area contributed by atoms with Gasteiger partial charge in [-0.15, -0.1) is 0 Å². The fourth-order valence-electron chi connectivity index (χ4n) is 3.52. The lowest BCUT2D eigenvalue weighted by Gasteiger charge is -2.22. The Hall–Kier alpha value is -1.04. The van der Waals surface area contributed by atoms with Crippen molar-refractivity contribution in [3.63, 3.8) is 0 Å². The lowest BCUT2D eigenvalue weighted by Crippen LogP contribution is -2.35. The molecule has 17 heavy (non-hydrogen) atoms. The summed E-state index contributed by atoms with van der Waals surface area (Å²) in [6.07, 6.45) is 6.97. The fourth-order valence-corrected chi connectivity index (χ4v) is 3.52. The molecule has 4 atom stereocenters. The van der Waals surface area contributed by atoms with Gasteiger partial charge in [-0.25, -0.2) is 0 Å². The van der Waals surface area contributed by atoms with Crippen LogP contribution in [0.3, 0.4) is 0 Å². The zero-order valence-corrected chi connectivity index (χ0v) is 10.6. The van der Waals surface area contributed by atoms with Gasteiger partial charge in [-0.2, -0.15) is 5.26 Å². The second-order valence-electron chi connectivity index (χ2n) is 5.65. The molecule has 1 N–H and O–H groups in total. The van der Waals surface area contributed by atoms with Crippen LogP contribution in [0, 0.1) is 35.0 Å². The first kappa shape index (κ1) is 12.4. The molecular formula is C14H22N2O. The lowest BCUT2D eigenvalue weighted by molar-refractivity contribution is -0.123. The van der Waals surface area contributed by atoms with E-state index in [-0.39, 0.29) is 5.91 Å². The van der Waals surface area contributed by atoms with Crippen molar-refractivity contribution in [2.75, 3.05) is 6.54 Å². The van der Waals surface area contributed by atoms with Gasteiger partial charge in [0.2, 0.25) is 5.91 Å². The van der Waals surface area contributed by atoms with Crippen LogP contribution in [-0.2, 0) is 4.79 Å². The van der Waals surface area contributed by atoms with Gasteiger partial charge in [0.15, 0.2) is 0 Å². The number of hydrogen-bond acceptors (Lipinski definition) is 2. The zero-order chi connectivity index (χ0) is 12.3. The fraction of sp³-hybridized carbons (Fsp3) is 0.857. The smallest absolute Gasteiger partial charge is 0.237 e. The van der Waals surface area contributed by atoms with Gasteiger partial charge in [0.25, 0.3) is 0 Å². The van der Waals surface area contributed by atoms with Crippen LogP contribution in [0.25, 0.3) is 0 Å². The maximum atomic E-state index is 11.8. The van der Waals surface area contributed by atoms with Crippen LogP contribution in [0.1, 0.15) is 45.4 Å². The van der Waals surface area contributed by atoms with Crippen molar-refractivity contribution in [1.29, 1.82) is 5.26 Å². The highest BCUT2D eigenvalue weighted by molar-refractivity contribution is 5.80. The van der Waals surface area contributed by atoms with Crippen molar-refractivity contribution in [2.45, 2.75) is 45.4 Å². The molecule has 0 aromatic carbocycles. The van der Waals surface area contributed by atoms with Gasteiger partial charge in [0, 0.05) is 6.54 Å². The molecule has 0 radical (unpaired) electrons. The second-order valence-corrected chi connectivity index (χ2v) is 5.65. The van der Waals surface area contributed by atoms with Crippen LogP contribution in [0.5, 0.6) is 0 Å². The number of nitriles is 1. The van der Waals surface area contributed by atoms with E-state index < -0.39 is 5.92 Å². The molecule has 2 fully saturated rings.